The largest absolute Gasteiger partial charge is 0.354 e. The number of nitrogens with two attached hydrogens (primary N) is 1. The number of carbonyl (C=O) groups excluding carboxylic acids is 2. The summed E-state index contributed by atoms with van der Waals surface area (Å²) in [5.41, 5.74) is 2.74. The maximum atomic E-state index is 12.1. The molecule has 1 saturated heterocycles. The summed E-state index contributed by atoms with van der Waals surface area (Å²) >= 11 is 3.26. The molecule has 19 heavy (non-hydrogen) atoms. The molecule has 2 amide bonds. The zero-order valence-electron chi connectivity index (χ0n) is 10.1. The van der Waals surface area contributed by atoms with Crippen LogP contribution < -0.4 is 21.9 Å². The number of nitrogens with zero attached hydrogens (tertiary/aromatic N) is 1. The number of rotatable bonds is 3. The van der Waals surface area contributed by atoms with Crippen molar-refractivity contribution in [3.63, 3.8) is 0 Å². The second kappa shape index (κ2) is 5.98. The van der Waals surface area contributed by atoms with Gasteiger partial charge in [0.1, 0.15) is 0 Å². The Morgan fingerprint density at radius 1 is 1.58 bits per heavy atom. The Morgan fingerprint density at radius 2 is 2.37 bits per heavy atom. The van der Waals surface area contributed by atoms with Crippen LogP contribution in [0.15, 0.2) is 16.7 Å². The topological polar surface area (TPSA) is 109 Å². The van der Waals surface area contributed by atoms with E-state index in [1.807, 2.05) is 0 Å². The van der Waals surface area contributed by atoms with Crippen LogP contribution in [0, 0.1) is 0 Å². The van der Waals surface area contributed by atoms with E-state index >= 15 is 0 Å². The zero-order valence-corrected chi connectivity index (χ0v) is 11.7. The summed E-state index contributed by atoms with van der Waals surface area (Å²) in [7, 11) is 0. The van der Waals surface area contributed by atoms with E-state index in [4.69, 9.17) is 5.84 Å². The minimum Gasteiger partial charge on any atom is -0.354 e. The molecule has 1 fully saturated rings. The first kappa shape index (κ1) is 13.8. The number of piperidine rings is 1. The zero-order chi connectivity index (χ0) is 13.8. The summed E-state index contributed by atoms with van der Waals surface area (Å²) in [5, 5.41) is 5.56. The summed E-state index contributed by atoms with van der Waals surface area (Å²) in [4.78, 5) is 27.2. The van der Waals surface area contributed by atoms with E-state index in [1.165, 1.54) is 0 Å². The molecule has 1 aliphatic heterocycles. The summed E-state index contributed by atoms with van der Waals surface area (Å²) in [6, 6.07) is 1.56. The molecule has 1 aliphatic rings. The van der Waals surface area contributed by atoms with Crippen molar-refractivity contribution in [2.75, 3.05) is 12.0 Å². The highest BCUT2D eigenvalue weighted by Crippen LogP contribution is 2.17. The summed E-state index contributed by atoms with van der Waals surface area (Å²) < 4.78 is 0.689. The van der Waals surface area contributed by atoms with Gasteiger partial charge in [-0.1, -0.05) is 0 Å². The van der Waals surface area contributed by atoms with Crippen molar-refractivity contribution in [2.45, 2.75) is 18.9 Å². The number of nitrogens with one attached hydrogen (secondary N) is 3. The molecule has 0 radical (unpaired) electrons. The fraction of sp³-hybridized carbons (Fsp3) is 0.364. The second-order valence-electron chi connectivity index (χ2n) is 4.21. The number of pyridine rings is 1. The highest BCUT2D eigenvalue weighted by atomic mass is 79.9. The van der Waals surface area contributed by atoms with Crippen molar-refractivity contribution in [2.24, 2.45) is 5.84 Å². The van der Waals surface area contributed by atoms with Crippen LogP contribution in [-0.4, -0.2) is 29.4 Å². The van der Waals surface area contributed by atoms with E-state index in [2.05, 4.69) is 37.0 Å². The monoisotopic (exact) mass is 327 g/mol. The molecule has 0 saturated carbocycles. The molecule has 2 rings (SSSR count). The molecule has 1 atom stereocenters. The lowest BCUT2D eigenvalue weighted by atomic mass is 10.1. The molecule has 2 heterocycles. The molecule has 0 aromatic carbocycles. The Balaban J connectivity index is 2.07. The number of carbonyl (C=O) groups is 2. The van der Waals surface area contributed by atoms with Gasteiger partial charge in [-0.3, -0.25) is 9.59 Å². The highest BCUT2D eigenvalue weighted by molar-refractivity contribution is 9.10. The van der Waals surface area contributed by atoms with Crippen LogP contribution in [0.4, 0.5) is 5.82 Å². The van der Waals surface area contributed by atoms with Gasteiger partial charge in [-0.15, -0.1) is 0 Å². The van der Waals surface area contributed by atoms with E-state index in [1.54, 1.807) is 12.3 Å². The summed E-state index contributed by atoms with van der Waals surface area (Å²) in [6.07, 6.45) is 2.60. The Labute approximate surface area is 118 Å². The van der Waals surface area contributed by atoms with Crippen LogP contribution in [0.2, 0.25) is 0 Å². The third-order valence-corrected chi connectivity index (χ3v) is 3.27. The maximum Gasteiger partial charge on any atom is 0.255 e. The van der Waals surface area contributed by atoms with Gasteiger partial charge in [-0.25, -0.2) is 10.8 Å². The normalized spacial score (nSPS) is 18.6. The molecule has 0 bridgehead atoms. The third kappa shape index (κ3) is 3.42. The fourth-order valence-electron chi connectivity index (χ4n) is 1.85. The van der Waals surface area contributed by atoms with E-state index < -0.39 is 0 Å². The second-order valence-corrected chi connectivity index (χ2v) is 5.12. The molecular weight excluding hydrogens is 314 g/mol. The van der Waals surface area contributed by atoms with Crippen molar-refractivity contribution in [3.8, 4) is 0 Å². The smallest absolute Gasteiger partial charge is 0.255 e. The van der Waals surface area contributed by atoms with Crippen molar-refractivity contribution in [3.05, 3.63) is 22.3 Å². The lowest BCUT2D eigenvalue weighted by Gasteiger charge is -2.23. The Kier molecular flexibility index (Phi) is 4.33. The molecule has 0 spiro atoms. The van der Waals surface area contributed by atoms with Gasteiger partial charge in [-0.05, 0) is 28.4 Å². The first-order chi connectivity index (χ1) is 9.10. The molecule has 8 heteroatoms. The molecule has 0 aliphatic carbocycles. The number of hydrogen-bond acceptors (Lipinski definition) is 5. The number of hydrogen-bond donors (Lipinski definition) is 4. The Bertz CT molecular complexity index is 498. The van der Waals surface area contributed by atoms with E-state index in [9.17, 15) is 9.59 Å². The van der Waals surface area contributed by atoms with Gasteiger partial charge in [0.05, 0.1) is 5.56 Å². The molecule has 1 unspecified atom stereocenters. The van der Waals surface area contributed by atoms with Crippen LogP contribution in [0.1, 0.15) is 23.2 Å². The van der Waals surface area contributed by atoms with Gasteiger partial charge in [-0.2, -0.15) is 0 Å². The maximum absolute atomic E-state index is 12.1. The molecule has 102 valence electrons. The molecule has 7 nitrogen and oxygen atoms in total. The van der Waals surface area contributed by atoms with E-state index in [0.29, 0.717) is 35.2 Å². The Hall–Kier alpha value is -1.67. The minimum absolute atomic E-state index is 0.0129. The molecule has 1 aromatic rings. The fourth-order valence-corrected chi connectivity index (χ4v) is 2.18. The van der Waals surface area contributed by atoms with Gasteiger partial charge in [0.15, 0.2) is 5.82 Å². The van der Waals surface area contributed by atoms with Crippen LogP contribution in [0.5, 0.6) is 0 Å². The lowest BCUT2D eigenvalue weighted by molar-refractivity contribution is -0.122. The quantitative estimate of drug-likeness (QED) is 0.466. The van der Waals surface area contributed by atoms with Gasteiger partial charge in [0, 0.05) is 29.7 Å². The van der Waals surface area contributed by atoms with Crippen LogP contribution in [0.25, 0.3) is 0 Å². The first-order valence-corrected chi connectivity index (χ1v) is 6.59. The van der Waals surface area contributed by atoms with Crippen molar-refractivity contribution >= 4 is 33.6 Å². The number of nitrogen functional groups attached to an aromatic ring is 1. The molecular formula is C11H14BrN5O2. The van der Waals surface area contributed by atoms with E-state index in [0.717, 1.165) is 0 Å². The number of anilines is 1. The highest BCUT2D eigenvalue weighted by Gasteiger charge is 2.21. The minimum atomic E-state index is -0.275. The lowest BCUT2D eigenvalue weighted by Crippen LogP contribution is -2.47. The standard InChI is InChI=1S/C11H14BrN5O2/c12-6-3-8(10(17-13)15-4-6)11(19)16-7-1-2-9(18)14-5-7/h3-4,7H,1-2,5,13H2,(H,14,18)(H,15,17)(H,16,19). The molecule has 5 N–H and O–H groups in total. The average molecular weight is 328 g/mol. The van der Waals surface area contributed by atoms with Crippen molar-refractivity contribution in [1.29, 1.82) is 0 Å². The third-order valence-electron chi connectivity index (χ3n) is 2.84. The number of aromatic nitrogens is 1. The SMILES string of the molecule is NNc1ncc(Br)cc1C(=O)NC1CCC(=O)NC1. The number of amides is 2. The van der Waals surface area contributed by atoms with E-state index in [-0.39, 0.29) is 17.9 Å². The average Bonchev–Trinajstić information content (AvgIpc) is 2.41. The van der Waals surface area contributed by atoms with Crippen LogP contribution in [0.3, 0.4) is 0 Å². The van der Waals surface area contributed by atoms with Gasteiger partial charge in [0.25, 0.3) is 5.91 Å². The summed E-state index contributed by atoms with van der Waals surface area (Å²) in [6.45, 7) is 0.442. The number of halogens is 1. The van der Waals surface area contributed by atoms with Crippen molar-refractivity contribution < 1.29 is 9.59 Å². The van der Waals surface area contributed by atoms with Gasteiger partial charge in [0.2, 0.25) is 5.91 Å². The Morgan fingerprint density at radius 3 is 3.00 bits per heavy atom. The van der Waals surface area contributed by atoms with Crippen LogP contribution in [-0.2, 0) is 4.79 Å². The number of hydrazine groups is 1. The van der Waals surface area contributed by atoms with Gasteiger partial charge >= 0.3 is 0 Å². The van der Waals surface area contributed by atoms with Crippen LogP contribution >= 0.6 is 15.9 Å². The predicted octanol–water partition coefficient (Wildman–Crippen LogP) is 0.138. The predicted molar refractivity (Wildman–Crippen MR) is 73.2 cm³/mol. The summed E-state index contributed by atoms with van der Waals surface area (Å²) in [5.74, 6) is 5.37. The van der Waals surface area contributed by atoms with Gasteiger partial charge < -0.3 is 16.1 Å². The molecule has 1 aromatic heterocycles. The first-order valence-electron chi connectivity index (χ1n) is 5.80. The van der Waals surface area contributed by atoms with Crippen molar-refractivity contribution in [1.82, 2.24) is 15.6 Å².